The molecular weight excluding hydrogens is 120 g/mol. The molecule has 0 aromatic heterocycles. The zero-order chi connectivity index (χ0) is 7.98. The van der Waals surface area contributed by atoms with E-state index in [2.05, 4.69) is 38.7 Å². The van der Waals surface area contributed by atoms with Crippen LogP contribution in [-0.2, 0) is 0 Å². The normalized spacial score (nSPS) is 12.5. The lowest BCUT2D eigenvalue weighted by molar-refractivity contribution is 1.22. The van der Waals surface area contributed by atoms with Crippen LogP contribution in [0.25, 0.3) is 0 Å². The summed E-state index contributed by atoms with van der Waals surface area (Å²) in [7, 11) is 0. The minimum absolute atomic E-state index is 1.08. The first kappa shape index (κ1) is 9.22. The van der Waals surface area contributed by atoms with Crippen LogP contribution in [0.3, 0.4) is 0 Å². The van der Waals surface area contributed by atoms with E-state index < -0.39 is 0 Å². The summed E-state index contributed by atoms with van der Waals surface area (Å²) >= 11 is 0. The van der Waals surface area contributed by atoms with E-state index in [-0.39, 0.29) is 0 Å². The quantitative estimate of drug-likeness (QED) is 0.521. The van der Waals surface area contributed by atoms with E-state index in [1.54, 1.807) is 0 Å². The van der Waals surface area contributed by atoms with Crippen molar-refractivity contribution in [3.63, 3.8) is 0 Å². The predicted molar refractivity (Wildman–Crippen MR) is 48.0 cm³/mol. The summed E-state index contributed by atoms with van der Waals surface area (Å²) in [5.41, 5.74) is 2.37. The molecule has 0 saturated carbocycles. The van der Waals surface area contributed by atoms with Gasteiger partial charge in [-0.15, -0.1) is 0 Å². The van der Waals surface area contributed by atoms with Crippen LogP contribution in [0.4, 0.5) is 0 Å². The van der Waals surface area contributed by atoms with Crippen molar-refractivity contribution in [3.05, 3.63) is 36.0 Å². The van der Waals surface area contributed by atoms with E-state index in [1.165, 1.54) is 5.57 Å². The van der Waals surface area contributed by atoms with Crippen molar-refractivity contribution in [2.45, 2.75) is 27.2 Å². The summed E-state index contributed by atoms with van der Waals surface area (Å²) in [4.78, 5) is 0. The maximum Gasteiger partial charge on any atom is -0.0306 e. The molecule has 0 spiro atoms. The van der Waals surface area contributed by atoms with Gasteiger partial charge in [0, 0.05) is 0 Å². The fourth-order valence-corrected chi connectivity index (χ4v) is 0.577. The maximum absolute atomic E-state index is 3.91. The molecule has 0 rings (SSSR count). The van der Waals surface area contributed by atoms with Crippen molar-refractivity contribution in [3.8, 4) is 0 Å². The van der Waals surface area contributed by atoms with Gasteiger partial charge in [0.15, 0.2) is 0 Å². The average Bonchev–Trinajstić information content (AvgIpc) is 1.98. The molecule has 0 heterocycles. The Balaban J connectivity index is 3.98. The zero-order valence-electron chi connectivity index (χ0n) is 7.15. The van der Waals surface area contributed by atoms with Gasteiger partial charge in [-0.2, -0.15) is 0 Å². The molecule has 0 amide bonds. The lowest BCUT2D eigenvalue weighted by Gasteiger charge is -1.96. The van der Waals surface area contributed by atoms with E-state index in [4.69, 9.17) is 0 Å². The van der Waals surface area contributed by atoms with Gasteiger partial charge in [-0.1, -0.05) is 31.7 Å². The molecule has 0 N–H and O–H groups in total. The van der Waals surface area contributed by atoms with Crippen molar-refractivity contribution in [1.29, 1.82) is 0 Å². The Morgan fingerprint density at radius 1 is 1.50 bits per heavy atom. The highest BCUT2D eigenvalue weighted by Gasteiger charge is 1.86. The molecular formula is C10H16. The molecule has 0 aromatic carbocycles. The van der Waals surface area contributed by atoms with Crippen molar-refractivity contribution in [2.24, 2.45) is 0 Å². The molecule has 0 unspecified atom stereocenters. The number of hydrogen-bond acceptors (Lipinski definition) is 0. The number of hydrogen-bond donors (Lipinski definition) is 0. The molecule has 0 nitrogen and oxygen atoms in total. The van der Waals surface area contributed by atoms with E-state index in [1.807, 2.05) is 6.92 Å². The molecule has 0 aliphatic rings. The Morgan fingerprint density at radius 3 is 2.50 bits per heavy atom. The molecule has 0 aliphatic heterocycles. The Hall–Kier alpha value is -0.780. The van der Waals surface area contributed by atoms with Crippen LogP contribution in [0.5, 0.6) is 0 Å². The maximum atomic E-state index is 3.91. The fraction of sp³-hybridized carbons (Fsp3) is 0.400. The van der Waals surface area contributed by atoms with Crippen LogP contribution in [0.1, 0.15) is 27.2 Å². The molecule has 0 atom stereocenters. The van der Waals surface area contributed by atoms with E-state index in [9.17, 15) is 0 Å². The van der Waals surface area contributed by atoms with Crippen LogP contribution in [-0.4, -0.2) is 0 Å². The second kappa shape index (κ2) is 5.04. The van der Waals surface area contributed by atoms with Gasteiger partial charge in [0.2, 0.25) is 0 Å². The molecule has 10 heavy (non-hydrogen) atoms. The summed E-state index contributed by atoms with van der Waals surface area (Å²) in [5, 5.41) is 0. The Labute approximate surface area is 64.0 Å². The summed E-state index contributed by atoms with van der Waals surface area (Å²) in [6.07, 6.45) is 7.34. The van der Waals surface area contributed by atoms with Crippen LogP contribution >= 0.6 is 0 Å². The number of rotatable bonds is 3. The minimum atomic E-state index is 1.08. The molecule has 0 bridgehead atoms. The molecule has 0 aliphatic carbocycles. The van der Waals surface area contributed by atoms with E-state index >= 15 is 0 Å². The Bertz CT molecular complexity index is 159. The number of allylic oxidation sites excluding steroid dienone is 5. The molecule has 0 fully saturated rings. The van der Waals surface area contributed by atoms with Gasteiger partial charge < -0.3 is 0 Å². The third-order valence-electron chi connectivity index (χ3n) is 1.49. The van der Waals surface area contributed by atoms with Crippen molar-refractivity contribution < 1.29 is 0 Å². The summed E-state index contributed by atoms with van der Waals surface area (Å²) in [5.74, 6) is 0. The summed E-state index contributed by atoms with van der Waals surface area (Å²) in [6, 6.07) is 0. The van der Waals surface area contributed by atoms with Crippen LogP contribution in [0.2, 0.25) is 0 Å². The lowest BCUT2D eigenvalue weighted by atomic mass is 10.1. The van der Waals surface area contributed by atoms with Crippen molar-refractivity contribution in [1.82, 2.24) is 0 Å². The van der Waals surface area contributed by atoms with Gasteiger partial charge in [-0.3, -0.25) is 0 Å². The van der Waals surface area contributed by atoms with Gasteiger partial charge in [-0.05, 0) is 31.4 Å². The standard InChI is InChI=1S/C10H16/c1-5-7-8-10(4)9(3)6-2/h6-8H,4-5H2,1-3H3/b8-7?,9-6+. The molecule has 0 heteroatoms. The molecule has 0 radical (unpaired) electrons. The van der Waals surface area contributed by atoms with Gasteiger partial charge in [0.25, 0.3) is 0 Å². The first-order valence-electron chi connectivity index (χ1n) is 3.71. The second-order valence-corrected chi connectivity index (χ2v) is 2.31. The fourth-order valence-electron chi connectivity index (χ4n) is 0.577. The minimum Gasteiger partial charge on any atom is -0.0915 e. The third-order valence-corrected chi connectivity index (χ3v) is 1.49. The average molecular weight is 136 g/mol. The predicted octanol–water partition coefficient (Wildman–Crippen LogP) is 3.48. The SMILES string of the molecule is C=C(C=CCC)/C(C)=C/C. The Kier molecular flexibility index (Phi) is 4.65. The van der Waals surface area contributed by atoms with Crippen molar-refractivity contribution >= 4 is 0 Å². The van der Waals surface area contributed by atoms with Gasteiger partial charge in [0.1, 0.15) is 0 Å². The summed E-state index contributed by atoms with van der Waals surface area (Å²) < 4.78 is 0. The zero-order valence-corrected chi connectivity index (χ0v) is 7.15. The highest BCUT2D eigenvalue weighted by Crippen LogP contribution is 2.07. The smallest absolute Gasteiger partial charge is 0.0306 e. The Morgan fingerprint density at radius 2 is 2.10 bits per heavy atom. The second-order valence-electron chi connectivity index (χ2n) is 2.31. The third kappa shape index (κ3) is 3.29. The monoisotopic (exact) mass is 136 g/mol. The van der Waals surface area contributed by atoms with Crippen LogP contribution < -0.4 is 0 Å². The van der Waals surface area contributed by atoms with Gasteiger partial charge >= 0.3 is 0 Å². The van der Waals surface area contributed by atoms with E-state index in [0.717, 1.165) is 12.0 Å². The molecule has 0 aromatic rings. The van der Waals surface area contributed by atoms with E-state index in [0.29, 0.717) is 0 Å². The van der Waals surface area contributed by atoms with Crippen LogP contribution in [0, 0.1) is 0 Å². The highest BCUT2D eigenvalue weighted by molar-refractivity contribution is 5.35. The first-order valence-corrected chi connectivity index (χ1v) is 3.71. The van der Waals surface area contributed by atoms with Gasteiger partial charge in [0.05, 0.1) is 0 Å². The molecule has 0 saturated heterocycles. The largest absolute Gasteiger partial charge is 0.0915 e. The van der Waals surface area contributed by atoms with Crippen molar-refractivity contribution in [2.75, 3.05) is 0 Å². The lowest BCUT2D eigenvalue weighted by Crippen LogP contribution is -1.75. The van der Waals surface area contributed by atoms with Crippen LogP contribution in [0.15, 0.2) is 36.0 Å². The summed E-state index contributed by atoms with van der Waals surface area (Å²) in [6.45, 7) is 10.1. The van der Waals surface area contributed by atoms with Gasteiger partial charge in [-0.25, -0.2) is 0 Å². The highest BCUT2D eigenvalue weighted by atomic mass is 13.9. The first-order chi connectivity index (χ1) is 4.72. The molecule has 56 valence electrons. The topological polar surface area (TPSA) is 0 Å².